The number of amides is 1. The molecule has 110 valence electrons. The molecule has 1 aliphatic heterocycles. The van der Waals surface area contributed by atoms with Crippen LogP contribution in [0.5, 0.6) is 0 Å². The smallest absolute Gasteiger partial charge is 0.254 e. The molecule has 3 rings (SSSR count). The minimum absolute atomic E-state index is 0.0255. The van der Waals surface area contributed by atoms with E-state index in [4.69, 9.17) is 0 Å². The van der Waals surface area contributed by atoms with Gasteiger partial charge in [-0.15, -0.1) is 0 Å². The average Bonchev–Trinajstić information content (AvgIpc) is 2.93. The van der Waals surface area contributed by atoms with Crippen LogP contribution < -0.4 is 0 Å². The number of hydrogen-bond acceptors (Lipinski definition) is 3. The first kappa shape index (κ1) is 13.8. The monoisotopic (exact) mass is 285 g/mol. The number of carbonyl (C=O) groups is 1. The Kier molecular flexibility index (Phi) is 3.10. The fourth-order valence-corrected chi connectivity index (χ4v) is 3.11. The number of aliphatic hydroxyl groups excluding tert-OH is 1. The van der Waals surface area contributed by atoms with Crippen molar-refractivity contribution in [3.63, 3.8) is 0 Å². The highest BCUT2D eigenvalue weighted by atomic mass is 16.3. The van der Waals surface area contributed by atoms with E-state index >= 15 is 0 Å². The van der Waals surface area contributed by atoms with Gasteiger partial charge in [0.2, 0.25) is 0 Å². The lowest BCUT2D eigenvalue weighted by Crippen LogP contribution is -2.55. The van der Waals surface area contributed by atoms with Crippen LogP contribution in [0.2, 0.25) is 0 Å². The summed E-state index contributed by atoms with van der Waals surface area (Å²) < 4.78 is 1.96. The third-order valence-electron chi connectivity index (χ3n) is 4.51. The van der Waals surface area contributed by atoms with Gasteiger partial charge in [0.05, 0.1) is 36.4 Å². The normalized spacial score (nSPS) is 20.5. The first-order chi connectivity index (χ1) is 9.98. The van der Waals surface area contributed by atoms with Crippen molar-refractivity contribution < 1.29 is 9.90 Å². The summed E-state index contributed by atoms with van der Waals surface area (Å²) in [7, 11) is 1.82. The summed E-state index contributed by atoms with van der Waals surface area (Å²) in [6, 6.07) is 7.57. The summed E-state index contributed by atoms with van der Waals surface area (Å²) in [4.78, 5) is 18.5. The summed E-state index contributed by atoms with van der Waals surface area (Å²) in [5.74, 6) is 0.0255. The van der Waals surface area contributed by atoms with E-state index in [1.807, 2.05) is 49.7 Å². The number of carbonyl (C=O) groups excluding carboxylic acids is 1. The van der Waals surface area contributed by atoms with Gasteiger partial charge in [-0.1, -0.05) is 18.2 Å². The lowest BCUT2D eigenvalue weighted by atomic mass is 9.80. The summed E-state index contributed by atoms with van der Waals surface area (Å²) in [5, 5.41) is 9.53. The molecule has 1 amide bonds. The van der Waals surface area contributed by atoms with Crippen LogP contribution in [0.4, 0.5) is 0 Å². The third-order valence-corrected chi connectivity index (χ3v) is 4.51. The zero-order chi connectivity index (χ0) is 15.2. The Bertz CT molecular complexity index is 690. The van der Waals surface area contributed by atoms with E-state index in [2.05, 4.69) is 4.98 Å². The van der Waals surface area contributed by atoms with E-state index in [1.54, 1.807) is 17.4 Å². The second-order valence-electron chi connectivity index (χ2n) is 5.96. The van der Waals surface area contributed by atoms with Gasteiger partial charge in [-0.3, -0.25) is 4.79 Å². The number of aliphatic hydroxyl groups is 1. The Morgan fingerprint density at radius 2 is 2.05 bits per heavy atom. The Morgan fingerprint density at radius 1 is 1.33 bits per heavy atom. The van der Waals surface area contributed by atoms with Crippen LogP contribution in [-0.4, -0.2) is 38.1 Å². The molecule has 0 saturated carbocycles. The Balaban J connectivity index is 2.26. The molecule has 21 heavy (non-hydrogen) atoms. The van der Waals surface area contributed by atoms with Gasteiger partial charge in [0, 0.05) is 12.6 Å². The number of fused-ring (bicyclic) bond motifs is 1. The van der Waals surface area contributed by atoms with Crippen molar-refractivity contribution in [1.29, 1.82) is 0 Å². The molecule has 1 atom stereocenters. The van der Waals surface area contributed by atoms with Crippen LogP contribution in [0.3, 0.4) is 0 Å². The summed E-state index contributed by atoms with van der Waals surface area (Å²) in [6.45, 7) is 3.99. The zero-order valence-corrected chi connectivity index (χ0v) is 12.4. The number of benzene rings is 1. The third kappa shape index (κ3) is 1.88. The van der Waals surface area contributed by atoms with Gasteiger partial charge < -0.3 is 14.6 Å². The van der Waals surface area contributed by atoms with E-state index in [-0.39, 0.29) is 18.6 Å². The van der Waals surface area contributed by atoms with Gasteiger partial charge in [-0.05, 0) is 25.5 Å². The van der Waals surface area contributed by atoms with E-state index in [9.17, 15) is 9.90 Å². The van der Waals surface area contributed by atoms with Crippen LogP contribution >= 0.6 is 0 Å². The van der Waals surface area contributed by atoms with Crippen LogP contribution in [0.1, 0.15) is 41.5 Å². The van der Waals surface area contributed by atoms with Gasteiger partial charge in [0.1, 0.15) is 0 Å². The van der Waals surface area contributed by atoms with E-state index in [0.717, 1.165) is 11.3 Å². The predicted octanol–water partition coefficient (Wildman–Crippen LogP) is 1.83. The van der Waals surface area contributed by atoms with Crippen molar-refractivity contribution in [3.05, 3.63) is 53.6 Å². The van der Waals surface area contributed by atoms with Crippen LogP contribution in [0.15, 0.2) is 36.8 Å². The number of nitrogens with zero attached hydrogens (tertiary/aromatic N) is 3. The highest BCUT2D eigenvalue weighted by Gasteiger charge is 2.45. The van der Waals surface area contributed by atoms with Crippen molar-refractivity contribution in [2.24, 2.45) is 0 Å². The molecule has 1 unspecified atom stereocenters. The van der Waals surface area contributed by atoms with Crippen molar-refractivity contribution in [2.45, 2.75) is 32.0 Å². The number of hydrogen-bond donors (Lipinski definition) is 1. The van der Waals surface area contributed by atoms with E-state index in [0.29, 0.717) is 5.56 Å². The highest BCUT2D eigenvalue weighted by molar-refractivity contribution is 5.97. The van der Waals surface area contributed by atoms with E-state index < -0.39 is 5.54 Å². The molecule has 1 N–H and O–H groups in total. The lowest BCUT2D eigenvalue weighted by molar-refractivity contribution is 0.0483. The van der Waals surface area contributed by atoms with Crippen LogP contribution in [-0.2, 0) is 6.61 Å². The number of likely N-dealkylation sites (N-methyl/N-ethyl adjacent to an activating group) is 1. The minimum Gasteiger partial charge on any atom is -0.390 e. The highest BCUT2D eigenvalue weighted by Crippen LogP contribution is 2.41. The van der Waals surface area contributed by atoms with Crippen molar-refractivity contribution in [3.8, 4) is 0 Å². The molecule has 1 aromatic carbocycles. The molecule has 2 heterocycles. The maximum atomic E-state index is 12.6. The zero-order valence-electron chi connectivity index (χ0n) is 12.4. The summed E-state index contributed by atoms with van der Waals surface area (Å²) in [5.41, 5.74) is 2.00. The number of aromatic nitrogens is 2. The molecule has 0 fully saturated rings. The van der Waals surface area contributed by atoms with Crippen LogP contribution in [0, 0.1) is 0 Å². The Labute approximate surface area is 123 Å². The fraction of sp³-hybridized carbons (Fsp3) is 0.375. The van der Waals surface area contributed by atoms with Gasteiger partial charge in [0.15, 0.2) is 0 Å². The maximum Gasteiger partial charge on any atom is 0.254 e. The largest absolute Gasteiger partial charge is 0.390 e. The van der Waals surface area contributed by atoms with Gasteiger partial charge in [-0.2, -0.15) is 0 Å². The quantitative estimate of drug-likeness (QED) is 0.916. The SMILES string of the molecule is CN1C(=O)c2ccccc2C(n2cncc2CO)C1(C)C. The summed E-state index contributed by atoms with van der Waals surface area (Å²) >= 11 is 0. The van der Waals surface area contributed by atoms with E-state index in [1.165, 1.54) is 0 Å². The molecule has 1 aromatic heterocycles. The molecule has 5 heteroatoms. The second-order valence-corrected chi connectivity index (χ2v) is 5.96. The van der Waals surface area contributed by atoms with Gasteiger partial charge in [-0.25, -0.2) is 4.98 Å². The maximum absolute atomic E-state index is 12.6. The molecule has 0 spiro atoms. The fourth-order valence-electron chi connectivity index (χ4n) is 3.11. The molecule has 0 radical (unpaired) electrons. The van der Waals surface area contributed by atoms with Gasteiger partial charge >= 0.3 is 0 Å². The molecular formula is C16H19N3O2. The minimum atomic E-state index is -0.421. The molecule has 0 saturated heterocycles. The Morgan fingerprint density at radius 3 is 2.76 bits per heavy atom. The molecule has 0 aliphatic carbocycles. The van der Waals surface area contributed by atoms with Crippen molar-refractivity contribution in [1.82, 2.24) is 14.5 Å². The molecular weight excluding hydrogens is 266 g/mol. The van der Waals surface area contributed by atoms with Crippen LogP contribution in [0.25, 0.3) is 0 Å². The lowest BCUT2D eigenvalue weighted by Gasteiger charge is -2.47. The Hall–Kier alpha value is -2.14. The summed E-state index contributed by atoms with van der Waals surface area (Å²) in [6.07, 6.45) is 3.38. The van der Waals surface area contributed by atoms with Crippen molar-refractivity contribution in [2.75, 3.05) is 7.05 Å². The van der Waals surface area contributed by atoms with Crippen molar-refractivity contribution >= 4 is 5.91 Å². The molecule has 2 aromatic rings. The van der Waals surface area contributed by atoms with Gasteiger partial charge in [0.25, 0.3) is 5.91 Å². The molecule has 5 nitrogen and oxygen atoms in total. The number of imidazole rings is 1. The first-order valence-electron chi connectivity index (χ1n) is 6.97. The first-order valence-corrected chi connectivity index (χ1v) is 6.97. The standard InChI is InChI=1S/C16H19N3O2/c1-16(2)14(19-10-17-8-11(19)9-20)12-6-4-5-7-13(12)15(21)18(16)3/h4-8,10,14,20H,9H2,1-3H3. The predicted molar refractivity (Wildman–Crippen MR) is 78.9 cm³/mol. The second kappa shape index (κ2) is 4.70. The topological polar surface area (TPSA) is 58.4 Å². The average molecular weight is 285 g/mol. The molecule has 0 bridgehead atoms. The molecule has 1 aliphatic rings. The number of rotatable bonds is 2.